The van der Waals surface area contributed by atoms with Gasteiger partial charge in [0.15, 0.2) is 0 Å². The molecule has 0 fully saturated rings. The average Bonchev–Trinajstić information content (AvgIpc) is 2.60. The highest BCUT2D eigenvalue weighted by molar-refractivity contribution is 6.05. The zero-order valence-corrected chi connectivity index (χ0v) is 13.3. The lowest BCUT2D eigenvalue weighted by atomic mass is 10.00. The summed E-state index contributed by atoms with van der Waals surface area (Å²) >= 11 is 0. The molecule has 0 unspecified atom stereocenters. The highest BCUT2D eigenvalue weighted by Gasteiger charge is 2.18. The zero-order valence-electron chi connectivity index (χ0n) is 13.3. The van der Waals surface area contributed by atoms with E-state index in [2.05, 4.69) is 9.97 Å². The van der Waals surface area contributed by atoms with Gasteiger partial charge in [-0.15, -0.1) is 0 Å². The fourth-order valence-corrected chi connectivity index (χ4v) is 2.55. The van der Waals surface area contributed by atoms with E-state index in [-0.39, 0.29) is 5.91 Å². The lowest BCUT2D eigenvalue weighted by Gasteiger charge is -2.15. The summed E-state index contributed by atoms with van der Waals surface area (Å²) in [6.07, 6.45) is 3.41. The van der Waals surface area contributed by atoms with Crippen molar-refractivity contribution < 1.29 is 9.53 Å². The van der Waals surface area contributed by atoms with Crippen LogP contribution >= 0.6 is 0 Å². The van der Waals surface area contributed by atoms with E-state index >= 15 is 0 Å². The number of amides is 1. The molecule has 0 bridgehead atoms. The molecule has 0 aliphatic rings. The van der Waals surface area contributed by atoms with E-state index < -0.39 is 0 Å². The molecule has 0 aliphatic heterocycles. The second kappa shape index (κ2) is 6.04. The van der Waals surface area contributed by atoms with Crippen LogP contribution in [0.5, 0.6) is 5.75 Å². The Bertz CT molecular complexity index is 875. The van der Waals surface area contributed by atoms with Crippen LogP contribution in [0.1, 0.15) is 10.4 Å². The van der Waals surface area contributed by atoms with E-state index in [1.54, 1.807) is 50.6 Å². The maximum atomic E-state index is 12.4. The van der Waals surface area contributed by atoms with Gasteiger partial charge in [-0.2, -0.15) is 0 Å². The summed E-state index contributed by atoms with van der Waals surface area (Å²) in [6, 6.07) is 11.1. The lowest BCUT2D eigenvalue weighted by Crippen LogP contribution is -2.22. The smallest absolute Gasteiger partial charge is 0.255 e. The minimum Gasteiger partial charge on any atom is -0.494 e. The van der Waals surface area contributed by atoms with Crippen molar-refractivity contribution in [2.24, 2.45) is 0 Å². The average molecular weight is 307 g/mol. The number of hydrogen-bond donors (Lipinski definition) is 0. The van der Waals surface area contributed by atoms with Crippen LogP contribution in [0.15, 0.2) is 48.8 Å². The molecule has 0 N–H and O–H groups in total. The first kappa shape index (κ1) is 15.0. The Kier molecular flexibility index (Phi) is 3.93. The fraction of sp³-hybridized carbons (Fsp3) is 0.167. The maximum absolute atomic E-state index is 12.4. The maximum Gasteiger partial charge on any atom is 0.255 e. The molecule has 116 valence electrons. The van der Waals surface area contributed by atoms with Gasteiger partial charge in [0.2, 0.25) is 0 Å². The van der Waals surface area contributed by atoms with E-state index in [0.29, 0.717) is 17.0 Å². The number of fused-ring (bicyclic) bond motifs is 1. The summed E-state index contributed by atoms with van der Waals surface area (Å²) in [6.45, 7) is 0. The van der Waals surface area contributed by atoms with Gasteiger partial charge >= 0.3 is 0 Å². The number of methoxy groups -OCH3 is 1. The fourth-order valence-electron chi connectivity index (χ4n) is 2.55. The molecule has 3 aromatic rings. The van der Waals surface area contributed by atoms with Gasteiger partial charge in [0.25, 0.3) is 5.91 Å². The van der Waals surface area contributed by atoms with Crippen molar-refractivity contribution in [2.45, 2.75) is 0 Å². The van der Waals surface area contributed by atoms with Crippen molar-refractivity contribution in [1.82, 2.24) is 14.9 Å². The van der Waals surface area contributed by atoms with E-state index in [1.807, 2.05) is 24.3 Å². The van der Waals surface area contributed by atoms with E-state index in [1.165, 1.54) is 0 Å². The van der Waals surface area contributed by atoms with E-state index in [9.17, 15) is 4.79 Å². The van der Waals surface area contributed by atoms with Crippen LogP contribution in [0.4, 0.5) is 0 Å². The Morgan fingerprint density at radius 3 is 2.52 bits per heavy atom. The van der Waals surface area contributed by atoms with Crippen LogP contribution in [0, 0.1) is 0 Å². The predicted molar refractivity (Wildman–Crippen MR) is 89.5 cm³/mol. The van der Waals surface area contributed by atoms with Crippen molar-refractivity contribution in [1.29, 1.82) is 0 Å². The molecular formula is C18H17N3O2. The number of hydrogen-bond acceptors (Lipinski definition) is 4. The summed E-state index contributed by atoms with van der Waals surface area (Å²) in [5, 5.41) is 0.901. The summed E-state index contributed by atoms with van der Waals surface area (Å²) in [7, 11) is 5.07. The minimum absolute atomic E-state index is 0.0824. The van der Waals surface area contributed by atoms with Crippen molar-refractivity contribution in [2.75, 3.05) is 21.2 Å². The second-order valence-electron chi connectivity index (χ2n) is 5.31. The van der Waals surface area contributed by atoms with Crippen LogP contribution in [0.3, 0.4) is 0 Å². The van der Waals surface area contributed by atoms with Crippen LogP contribution in [0.2, 0.25) is 0 Å². The van der Waals surface area contributed by atoms with Gasteiger partial charge in [0.05, 0.1) is 18.4 Å². The Hall–Kier alpha value is -2.95. The summed E-state index contributed by atoms with van der Waals surface area (Å²) in [4.78, 5) is 22.8. The van der Waals surface area contributed by atoms with Gasteiger partial charge in [-0.25, -0.2) is 0 Å². The molecule has 1 aromatic carbocycles. The molecule has 0 atom stereocenters. The number of carbonyl (C=O) groups is 1. The normalized spacial score (nSPS) is 10.6. The van der Waals surface area contributed by atoms with Gasteiger partial charge < -0.3 is 9.64 Å². The monoisotopic (exact) mass is 307 g/mol. The summed E-state index contributed by atoms with van der Waals surface area (Å²) in [5.74, 6) is 0.613. The van der Waals surface area contributed by atoms with Crippen LogP contribution in [0.25, 0.3) is 22.2 Å². The largest absolute Gasteiger partial charge is 0.494 e. The van der Waals surface area contributed by atoms with E-state index in [4.69, 9.17) is 4.74 Å². The van der Waals surface area contributed by atoms with Crippen molar-refractivity contribution in [3.8, 4) is 17.0 Å². The second-order valence-corrected chi connectivity index (χ2v) is 5.31. The third-order valence-corrected chi connectivity index (χ3v) is 3.65. The number of benzene rings is 1. The van der Waals surface area contributed by atoms with Gasteiger partial charge in [-0.3, -0.25) is 14.8 Å². The Balaban J connectivity index is 2.29. The molecule has 0 spiro atoms. The van der Waals surface area contributed by atoms with E-state index in [0.717, 1.165) is 16.5 Å². The van der Waals surface area contributed by atoms with Crippen molar-refractivity contribution in [3.05, 3.63) is 54.4 Å². The molecule has 23 heavy (non-hydrogen) atoms. The quantitative estimate of drug-likeness (QED) is 0.746. The van der Waals surface area contributed by atoms with Crippen LogP contribution in [-0.2, 0) is 0 Å². The van der Waals surface area contributed by atoms with Gasteiger partial charge in [-0.05, 0) is 30.3 Å². The predicted octanol–water partition coefficient (Wildman–Crippen LogP) is 3.01. The molecule has 5 nitrogen and oxygen atoms in total. The van der Waals surface area contributed by atoms with Crippen LogP contribution in [-0.4, -0.2) is 42.0 Å². The summed E-state index contributed by atoms with van der Waals surface area (Å²) < 4.78 is 5.38. The number of carbonyl (C=O) groups excluding carboxylic acids is 1. The lowest BCUT2D eigenvalue weighted by molar-refractivity contribution is 0.0828. The van der Waals surface area contributed by atoms with Gasteiger partial charge in [-0.1, -0.05) is 6.07 Å². The number of aromatic nitrogens is 2. The van der Waals surface area contributed by atoms with Crippen LogP contribution < -0.4 is 4.74 Å². The molecule has 1 amide bonds. The topological polar surface area (TPSA) is 55.3 Å². The molecule has 5 heteroatoms. The van der Waals surface area contributed by atoms with Gasteiger partial charge in [0, 0.05) is 37.4 Å². The standard InChI is InChI=1S/C18H17N3O2/c1-21(2)18(22)14-7-5-10-19-16(14)13-8-9-15(23-3)17-12(13)6-4-11-20-17/h4-11H,1-3H3. The summed E-state index contributed by atoms with van der Waals surface area (Å²) in [5.41, 5.74) is 2.82. The number of rotatable bonds is 3. The van der Waals surface area contributed by atoms with Crippen molar-refractivity contribution >= 4 is 16.8 Å². The molecule has 3 rings (SSSR count). The molecule has 0 saturated heterocycles. The SMILES string of the molecule is COc1ccc(-c2ncccc2C(=O)N(C)C)c2cccnc12. The molecule has 0 saturated carbocycles. The zero-order chi connectivity index (χ0) is 16.4. The number of pyridine rings is 2. The Morgan fingerprint density at radius 2 is 1.78 bits per heavy atom. The molecule has 2 heterocycles. The third-order valence-electron chi connectivity index (χ3n) is 3.65. The first-order valence-electron chi connectivity index (χ1n) is 7.22. The Labute approximate surface area is 134 Å². The number of ether oxygens (including phenoxy) is 1. The molecule has 0 radical (unpaired) electrons. The molecule has 0 aliphatic carbocycles. The Morgan fingerprint density at radius 1 is 1.04 bits per heavy atom. The van der Waals surface area contributed by atoms with Crippen molar-refractivity contribution in [3.63, 3.8) is 0 Å². The first-order valence-corrected chi connectivity index (χ1v) is 7.22. The highest BCUT2D eigenvalue weighted by Crippen LogP contribution is 2.33. The molecular weight excluding hydrogens is 290 g/mol. The minimum atomic E-state index is -0.0824. The van der Waals surface area contributed by atoms with Gasteiger partial charge in [0.1, 0.15) is 11.3 Å². The molecule has 2 aromatic heterocycles. The third kappa shape index (κ3) is 2.61. The number of nitrogens with zero attached hydrogens (tertiary/aromatic N) is 3. The highest BCUT2D eigenvalue weighted by atomic mass is 16.5. The first-order chi connectivity index (χ1) is 11.1.